The Balaban J connectivity index is 2.24. The van der Waals surface area contributed by atoms with Crippen LogP contribution in [0, 0.1) is 5.92 Å². The van der Waals surface area contributed by atoms with E-state index in [-0.39, 0.29) is 11.8 Å². The van der Waals surface area contributed by atoms with Crippen LogP contribution in [0.25, 0.3) is 0 Å². The fourth-order valence-corrected chi connectivity index (χ4v) is 1.96. The molecule has 0 spiro atoms. The molecule has 3 N–H and O–H groups in total. The predicted molar refractivity (Wildman–Crippen MR) is 73.2 cm³/mol. The molecule has 0 aliphatic carbocycles. The van der Waals surface area contributed by atoms with Gasteiger partial charge >= 0.3 is 0 Å². The molecule has 0 saturated carbocycles. The van der Waals surface area contributed by atoms with Crippen molar-refractivity contribution in [3.8, 4) is 0 Å². The summed E-state index contributed by atoms with van der Waals surface area (Å²) in [6.07, 6.45) is 0. The number of rotatable bonds is 3. The van der Waals surface area contributed by atoms with E-state index in [1.807, 2.05) is 36.1 Å². The van der Waals surface area contributed by atoms with E-state index in [9.17, 15) is 4.79 Å². The van der Waals surface area contributed by atoms with Crippen molar-refractivity contribution in [3.63, 3.8) is 0 Å². The molecule has 5 heteroatoms. The van der Waals surface area contributed by atoms with Crippen LogP contribution >= 0.6 is 12.2 Å². The monoisotopic (exact) mass is 249 g/mol. The van der Waals surface area contributed by atoms with E-state index < -0.39 is 0 Å². The topological polar surface area (TPSA) is 58.4 Å². The number of nitrogens with one attached hydrogen (secondary N) is 1. The zero-order chi connectivity index (χ0) is 12.4. The summed E-state index contributed by atoms with van der Waals surface area (Å²) in [7, 11) is 0. The molecule has 0 radical (unpaired) electrons. The number of carbonyl (C=O) groups excluding carboxylic acids is 1. The molecule has 1 heterocycles. The number of hydrogen-bond donors (Lipinski definition) is 2. The minimum absolute atomic E-state index is 0.00107. The minimum atomic E-state index is -0.00107. The van der Waals surface area contributed by atoms with E-state index in [2.05, 4.69) is 5.32 Å². The predicted octanol–water partition coefficient (Wildman–Crippen LogP) is 1.37. The molecule has 1 atom stereocenters. The Hall–Kier alpha value is -1.62. The van der Waals surface area contributed by atoms with Gasteiger partial charge in [0.05, 0.1) is 22.9 Å². The van der Waals surface area contributed by atoms with Gasteiger partial charge in [0.25, 0.3) is 0 Å². The lowest BCUT2D eigenvalue weighted by Crippen LogP contribution is -2.42. The van der Waals surface area contributed by atoms with E-state index in [0.717, 1.165) is 11.4 Å². The SMILES string of the molecule is CC(CN1CC(=O)Nc2ccccc21)C(N)=S. The van der Waals surface area contributed by atoms with Crippen molar-refractivity contribution in [2.45, 2.75) is 6.92 Å². The van der Waals surface area contributed by atoms with Crippen LogP contribution < -0.4 is 16.0 Å². The first kappa shape index (κ1) is 11.9. The number of nitrogens with zero attached hydrogens (tertiary/aromatic N) is 1. The van der Waals surface area contributed by atoms with Gasteiger partial charge in [0.15, 0.2) is 0 Å². The maximum absolute atomic E-state index is 11.6. The second kappa shape index (κ2) is 4.71. The summed E-state index contributed by atoms with van der Waals surface area (Å²) in [5.74, 6) is 0.0859. The van der Waals surface area contributed by atoms with Gasteiger partial charge in [-0.2, -0.15) is 0 Å². The van der Waals surface area contributed by atoms with Crippen LogP contribution in [0.4, 0.5) is 11.4 Å². The van der Waals surface area contributed by atoms with Gasteiger partial charge in [-0.3, -0.25) is 4.79 Å². The van der Waals surface area contributed by atoms with E-state index in [1.54, 1.807) is 0 Å². The number of thiocarbonyl (C=S) groups is 1. The van der Waals surface area contributed by atoms with Gasteiger partial charge in [0.1, 0.15) is 0 Å². The maximum atomic E-state index is 11.6. The summed E-state index contributed by atoms with van der Waals surface area (Å²) in [4.78, 5) is 14.1. The lowest BCUT2D eigenvalue weighted by Gasteiger charge is -2.32. The number of nitrogens with two attached hydrogens (primary N) is 1. The van der Waals surface area contributed by atoms with Crippen LogP contribution in [0.2, 0.25) is 0 Å². The molecule has 1 aliphatic rings. The summed E-state index contributed by atoms with van der Waals surface area (Å²) < 4.78 is 0. The van der Waals surface area contributed by atoms with Gasteiger partial charge in [0.2, 0.25) is 5.91 Å². The molecule has 4 nitrogen and oxygen atoms in total. The van der Waals surface area contributed by atoms with Gasteiger partial charge in [-0.25, -0.2) is 0 Å². The largest absolute Gasteiger partial charge is 0.393 e. The number of hydrogen-bond acceptors (Lipinski definition) is 3. The number of anilines is 2. The molecule has 1 aromatic rings. The Kier molecular flexibility index (Phi) is 3.28. The highest BCUT2D eigenvalue weighted by molar-refractivity contribution is 7.80. The molecule has 0 bridgehead atoms. The Labute approximate surface area is 106 Å². The fraction of sp³-hybridized carbons (Fsp3) is 0.333. The molecular formula is C12H15N3OS. The van der Waals surface area contributed by atoms with Crippen LogP contribution in [0.5, 0.6) is 0 Å². The quantitative estimate of drug-likeness (QED) is 0.794. The Morgan fingerprint density at radius 3 is 3.00 bits per heavy atom. The highest BCUT2D eigenvalue weighted by Gasteiger charge is 2.23. The Bertz CT molecular complexity index is 461. The first-order chi connectivity index (χ1) is 8.08. The standard InChI is InChI=1S/C12H15N3OS/c1-8(12(13)17)6-15-7-11(16)14-9-4-2-3-5-10(9)15/h2-5,8H,6-7H2,1H3,(H2,13,17)(H,14,16). The van der Waals surface area contributed by atoms with Crippen LogP contribution in [0.15, 0.2) is 24.3 Å². The van der Waals surface area contributed by atoms with E-state index in [1.165, 1.54) is 0 Å². The van der Waals surface area contributed by atoms with Crippen LogP contribution in [0.1, 0.15) is 6.92 Å². The number of para-hydroxylation sites is 2. The third-order valence-electron chi connectivity index (χ3n) is 2.83. The minimum Gasteiger partial charge on any atom is -0.393 e. The normalized spacial score (nSPS) is 16.1. The van der Waals surface area contributed by atoms with Crippen LogP contribution in [-0.4, -0.2) is 24.0 Å². The summed E-state index contributed by atoms with van der Waals surface area (Å²) in [5, 5.41) is 2.85. The molecule has 90 valence electrons. The summed E-state index contributed by atoms with van der Waals surface area (Å²) in [5.41, 5.74) is 7.48. The van der Waals surface area contributed by atoms with E-state index >= 15 is 0 Å². The van der Waals surface area contributed by atoms with E-state index in [4.69, 9.17) is 18.0 Å². The molecule has 1 unspecified atom stereocenters. The molecule has 17 heavy (non-hydrogen) atoms. The van der Waals surface area contributed by atoms with Gasteiger partial charge in [0, 0.05) is 12.5 Å². The summed E-state index contributed by atoms with van der Waals surface area (Å²) >= 11 is 4.97. The zero-order valence-electron chi connectivity index (χ0n) is 9.64. The summed E-state index contributed by atoms with van der Waals surface area (Å²) in [6.45, 7) is 2.99. The van der Waals surface area contributed by atoms with Crippen molar-refractivity contribution in [2.24, 2.45) is 11.7 Å². The Morgan fingerprint density at radius 2 is 2.29 bits per heavy atom. The smallest absolute Gasteiger partial charge is 0.243 e. The van der Waals surface area contributed by atoms with Gasteiger partial charge in [-0.05, 0) is 12.1 Å². The van der Waals surface area contributed by atoms with Crippen molar-refractivity contribution in [3.05, 3.63) is 24.3 Å². The maximum Gasteiger partial charge on any atom is 0.243 e. The van der Waals surface area contributed by atoms with E-state index in [0.29, 0.717) is 18.1 Å². The lowest BCUT2D eigenvalue weighted by molar-refractivity contribution is -0.115. The lowest BCUT2D eigenvalue weighted by atomic mass is 10.1. The highest BCUT2D eigenvalue weighted by Crippen LogP contribution is 2.29. The first-order valence-electron chi connectivity index (χ1n) is 5.51. The average molecular weight is 249 g/mol. The Morgan fingerprint density at radius 1 is 1.59 bits per heavy atom. The van der Waals surface area contributed by atoms with Crippen LogP contribution in [-0.2, 0) is 4.79 Å². The van der Waals surface area contributed by atoms with Crippen molar-refractivity contribution in [1.29, 1.82) is 0 Å². The third-order valence-corrected chi connectivity index (χ3v) is 3.24. The number of carbonyl (C=O) groups is 1. The molecular weight excluding hydrogens is 234 g/mol. The van der Waals surface area contributed by atoms with Crippen molar-refractivity contribution in [1.82, 2.24) is 0 Å². The fourth-order valence-electron chi connectivity index (χ4n) is 1.89. The molecule has 1 amide bonds. The van der Waals surface area contributed by atoms with Crippen LogP contribution in [0.3, 0.4) is 0 Å². The molecule has 1 aromatic carbocycles. The second-order valence-electron chi connectivity index (χ2n) is 4.25. The highest BCUT2D eigenvalue weighted by atomic mass is 32.1. The molecule has 1 aliphatic heterocycles. The first-order valence-corrected chi connectivity index (χ1v) is 5.92. The average Bonchev–Trinajstić information content (AvgIpc) is 2.28. The second-order valence-corrected chi connectivity index (χ2v) is 4.72. The van der Waals surface area contributed by atoms with Gasteiger partial charge in [-0.1, -0.05) is 31.3 Å². The molecule has 0 fully saturated rings. The number of fused-ring (bicyclic) bond motifs is 1. The van der Waals surface area contributed by atoms with Crippen molar-refractivity contribution in [2.75, 3.05) is 23.3 Å². The van der Waals surface area contributed by atoms with Gasteiger partial charge < -0.3 is 16.0 Å². The van der Waals surface area contributed by atoms with Gasteiger partial charge in [-0.15, -0.1) is 0 Å². The van der Waals surface area contributed by atoms with Crippen molar-refractivity contribution < 1.29 is 4.79 Å². The zero-order valence-corrected chi connectivity index (χ0v) is 10.5. The molecule has 2 rings (SSSR count). The molecule has 0 saturated heterocycles. The number of amides is 1. The van der Waals surface area contributed by atoms with Crippen molar-refractivity contribution >= 4 is 34.5 Å². The molecule has 0 aromatic heterocycles. The summed E-state index contributed by atoms with van der Waals surface area (Å²) in [6, 6.07) is 7.74. The number of benzene rings is 1. The third kappa shape index (κ3) is 2.55.